The predicted octanol–water partition coefficient (Wildman–Crippen LogP) is 4.32. The van der Waals surface area contributed by atoms with E-state index < -0.39 is 5.95 Å². The van der Waals surface area contributed by atoms with Gasteiger partial charge in [-0.1, -0.05) is 48.0 Å². The van der Waals surface area contributed by atoms with Gasteiger partial charge in [0.1, 0.15) is 11.5 Å². The maximum absolute atomic E-state index is 15.1. The topological polar surface area (TPSA) is 86.1 Å². The van der Waals surface area contributed by atoms with E-state index >= 15 is 4.39 Å². The maximum atomic E-state index is 15.1. The smallest absolute Gasteiger partial charge is 0.305 e. The van der Waals surface area contributed by atoms with E-state index in [9.17, 15) is 9.59 Å². The van der Waals surface area contributed by atoms with Crippen LogP contribution in [-0.2, 0) is 16.1 Å². The third-order valence-electron chi connectivity index (χ3n) is 5.52. The molecule has 0 aliphatic carbocycles. The number of anilines is 1. The number of hydrogen-bond acceptors (Lipinski definition) is 6. The summed E-state index contributed by atoms with van der Waals surface area (Å²) in [4.78, 5) is 28.3. The van der Waals surface area contributed by atoms with Gasteiger partial charge >= 0.3 is 5.97 Å². The summed E-state index contributed by atoms with van der Waals surface area (Å²) < 4.78 is 21.1. The molecule has 2 heterocycles. The van der Waals surface area contributed by atoms with Gasteiger partial charge < -0.3 is 10.1 Å². The molecule has 0 radical (unpaired) electrons. The van der Waals surface area contributed by atoms with E-state index in [4.69, 9.17) is 0 Å². The van der Waals surface area contributed by atoms with Crippen LogP contribution in [0.5, 0.6) is 0 Å². The second-order valence-corrected chi connectivity index (χ2v) is 7.98. The lowest BCUT2D eigenvalue weighted by molar-refractivity contribution is -0.140. The Balaban J connectivity index is 1.66. The minimum atomic E-state index is -0.698. The van der Waals surface area contributed by atoms with Gasteiger partial charge in [0.2, 0.25) is 5.95 Å². The van der Waals surface area contributed by atoms with E-state index in [0.717, 1.165) is 11.1 Å². The first kappa shape index (κ1) is 23.1. The number of hydrogen-bond donors (Lipinski definition) is 1. The number of aromatic nitrogens is 3. The van der Waals surface area contributed by atoms with Crippen molar-refractivity contribution in [2.45, 2.75) is 26.3 Å². The summed E-state index contributed by atoms with van der Waals surface area (Å²) in [6, 6.07) is 18.1. The van der Waals surface area contributed by atoms with E-state index in [1.54, 1.807) is 36.4 Å². The van der Waals surface area contributed by atoms with Crippen LogP contribution in [0.1, 0.15) is 24.0 Å². The Labute approximate surface area is 196 Å². The van der Waals surface area contributed by atoms with Gasteiger partial charge in [-0.3, -0.25) is 9.59 Å². The van der Waals surface area contributed by atoms with Gasteiger partial charge in [-0.2, -0.15) is 9.49 Å². The lowest BCUT2D eigenvalue weighted by Crippen LogP contribution is -2.24. The van der Waals surface area contributed by atoms with Crippen LogP contribution >= 0.6 is 0 Å². The second-order valence-electron chi connectivity index (χ2n) is 7.98. The zero-order valence-corrected chi connectivity index (χ0v) is 19.0. The fourth-order valence-electron chi connectivity index (χ4n) is 3.67. The van der Waals surface area contributed by atoms with Crippen molar-refractivity contribution in [2.75, 3.05) is 19.0 Å². The van der Waals surface area contributed by atoms with Crippen LogP contribution < -0.4 is 10.9 Å². The van der Waals surface area contributed by atoms with Crippen molar-refractivity contribution in [3.8, 4) is 11.3 Å². The lowest BCUT2D eigenvalue weighted by Gasteiger charge is -2.13. The molecule has 0 saturated heterocycles. The summed E-state index contributed by atoms with van der Waals surface area (Å²) >= 11 is 0. The number of pyridine rings is 1. The molecule has 1 N–H and O–H groups in total. The highest BCUT2D eigenvalue weighted by Crippen LogP contribution is 2.27. The molecular weight excluding hydrogens is 435 g/mol. The number of aryl methyl sites for hydroxylation is 1. The third kappa shape index (κ3) is 5.11. The van der Waals surface area contributed by atoms with Crippen LogP contribution in [0.15, 0.2) is 65.5 Å². The van der Waals surface area contributed by atoms with Gasteiger partial charge in [0.15, 0.2) is 0 Å². The van der Waals surface area contributed by atoms with Crippen molar-refractivity contribution in [1.29, 1.82) is 0 Å². The van der Waals surface area contributed by atoms with Crippen molar-refractivity contribution < 1.29 is 13.9 Å². The molecule has 0 aliphatic heterocycles. The number of rotatable bonds is 8. The first-order chi connectivity index (χ1) is 16.5. The number of fused-ring (bicyclic) bond motifs is 1. The molecule has 0 unspecified atom stereocenters. The molecule has 0 spiro atoms. The van der Waals surface area contributed by atoms with Gasteiger partial charge in [-0.15, -0.1) is 0 Å². The number of nitrogens with zero attached hydrogens (tertiary/aromatic N) is 3. The molecule has 2 aromatic heterocycles. The molecule has 0 atom stereocenters. The molecule has 0 bridgehead atoms. The fourth-order valence-corrected chi connectivity index (χ4v) is 3.67. The van der Waals surface area contributed by atoms with E-state index in [2.05, 4.69) is 20.1 Å². The number of ether oxygens (including phenoxy) is 1. The van der Waals surface area contributed by atoms with Gasteiger partial charge in [0.05, 0.1) is 24.6 Å². The second kappa shape index (κ2) is 10.2. The standard InChI is InChI=1S/C26H25FN4O3/c1-17-9-11-18(12-10-17)16-31-26(33)20-7-4-3-6-19(20)24(30-31)21-13-14-22(29-25(21)27)28-15-5-8-23(32)34-2/h3-4,6-7,9-14H,5,8,15-16H2,1-2H3,(H,28,29). The monoisotopic (exact) mass is 460 g/mol. The van der Waals surface area contributed by atoms with Gasteiger partial charge in [0, 0.05) is 18.4 Å². The van der Waals surface area contributed by atoms with Crippen LogP contribution in [0, 0.1) is 12.9 Å². The average Bonchev–Trinajstić information content (AvgIpc) is 2.85. The maximum Gasteiger partial charge on any atom is 0.305 e. The number of nitrogens with one attached hydrogen (secondary N) is 1. The molecule has 4 rings (SSSR count). The molecule has 0 amide bonds. The Morgan fingerprint density at radius 1 is 1.06 bits per heavy atom. The van der Waals surface area contributed by atoms with Crippen molar-refractivity contribution in [3.63, 3.8) is 0 Å². The summed E-state index contributed by atoms with van der Waals surface area (Å²) in [5.74, 6) is -0.644. The average molecular weight is 461 g/mol. The molecular formula is C26H25FN4O3. The Morgan fingerprint density at radius 2 is 1.79 bits per heavy atom. The van der Waals surface area contributed by atoms with Gasteiger partial charge in [-0.05, 0) is 37.1 Å². The van der Waals surface area contributed by atoms with Crippen molar-refractivity contribution in [3.05, 3.63) is 88.1 Å². The van der Waals surface area contributed by atoms with Crippen LogP contribution in [0.4, 0.5) is 10.2 Å². The summed E-state index contributed by atoms with van der Waals surface area (Å²) in [6.45, 7) is 2.71. The predicted molar refractivity (Wildman–Crippen MR) is 129 cm³/mol. The lowest BCUT2D eigenvalue weighted by atomic mass is 10.1. The van der Waals surface area contributed by atoms with Crippen molar-refractivity contribution in [1.82, 2.24) is 14.8 Å². The summed E-state index contributed by atoms with van der Waals surface area (Å²) in [5, 5.41) is 8.56. The molecule has 2 aromatic carbocycles. The molecule has 8 heteroatoms. The zero-order valence-electron chi connectivity index (χ0n) is 19.0. The van der Waals surface area contributed by atoms with Crippen LogP contribution in [-0.4, -0.2) is 34.4 Å². The Hall–Kier alpha value is -4.07. The number of methoxy groups -OCH3 is 1. The Kier molecular flexibility index (Phi) is 6.96. The largest absolute Gasteiger partial charge is 0.469 e. The minimum absolute atomic E-state index is 0.203. The number of esters is 1. The Bertz CT molecular complexity index is 1380. The number of carbonyl (C=O) groups excluding carboxylic acids is 1. The molecule has 0 aliphatic rings. The molecule has 0 saturated carbocycles. The van der Waals surface area contributed by atoms with Gasteiger partial charge in [-0.25, -0.2) is 9.67 Å². The SMILES string of the molecule is COC(=O)CCCNc1ccc(-c2nn(Cc3ccc(C)cc3)c(=O)c3ccccc23)c(F)n1. The molecule has 4 aromatic rings. The number of benzene rings is 2. The quantitative estimate of drug-likeness (QED) is 0.239. The zero-order chi connectivity index (χ0) is 24.1. The van der Waals surface area contributed by atoms with Crippen LogP contribution in [0.25, 0.3) is 22.0 Å². The van der Waals surface area contributed by atoms with E-state index in [-0.39, 0.29) is 30.1 Å². The minimum Gasteiger partial charge on any atom is -0.469 e. The van der Waals surface area contributed by atoms with E-state index in [0.29, 0.717) is 35.2 Å². The number of halogens is 1. The third-order valence-corrected chi connectivity index (χ3v) is 5.52. The van der Waals surface area contributed by atoms with E-state index in [1.165, 1.54) is 11.8 Å². The highest BCUT2D eigenvalue weighted by molar-refractivity contribution is 5.93. The van der Waals surface area contributed by atoms with Crippen LogP contribution in [0.3, 0.4) is 0 Å². The van der Waals surface area contributed by atoms with Gasteiger partial charge in [0.25, 0.3) is 5.56 Å². The summed E-state index contributed by atoms with van der Waals surface area (Å²) in [6.07, 6.45) is 0.802. The normalized spacial score (nSPS) is 10.9. The first-order valence-corrected chi connectivity index (χ1v) is 11.0. The fraction of sp³-hybridized carbons (Fsp3) is 0.231. The summed E-state index contributed by atoms with van der Waals surface area (Å²) in [5.41, 5.74) is 2.36. The van der Waals surface area contributed by atoms with Crippen molar-refractivity contribution >= 4 is 22.6 Å². The highest BCUT2D eigenvalue weighted by atomic mass is 19.1. The summed E-state index contributed by atoms with van der Waals surface area (Å²) in [7, 11) is 1.34. The van der Waals surface area contributed by atoms with Crippen molar-refractivity contribution in [2.24, 2.45) is 0 Å². The van der Waals surface area contributed by atoms with Crippen LogP contribution in [0.2, 0.25) is 0 Å². The Morgan fingerprint density at radius 3 is 2.50 bits per heavy atom. The molecule has 34 heavy (non-hydrogen) atoms. The number of carbonyl (C=O) groups is 1. The highest BCUT2D eigenvalue weighted by Gasteiger charge is 2.17. The van der Waals surface area contributed by atoms with E-state index in [1.807, 2.05) is 31.2 Å². The molecule has 0 fully saturated rings. The molecule has 174 valence electrons. The molecule has 7 nitrogen and oxygen atoms in total. The first-order valence-electron chi connectivity index (χ1n) is 11.0.